The largest absolute Gasteiger partial charge is 0.306 e. The number of anilines is 2. The second-order valence-corrected chi connectivity index (χ2v) is 5.95. The summed E-state index contributed by atoms with van der Waals surface area (Å²) >= 11 is 1.26. The van der Waals surface area contributed by atoms with Gasteiger partial charge in [0.1, 0.15) is 5.69 Å². The van der Waals surface area contributed by atoms with Crippen LogP contribution in [0.2, 0.25) is 0 Å². The highest BCUT2D eigenvalue weighted by Crippen LogP contribution is 2.36. The lowest BCUT2D eigenvalue weighted by molar-refractivity contribution is -0.114. The average Bonchev–Trinajstić information content (AvgIpc) is 3.03. The molecule has 3 rings (SSSR count). The lowest BCUT2D eigenvalue weighted by Crippen LogP contribution is -2.29. The van der Waals surface area contributed by atoms with Crippen LogP contribution in [0.1, 0.15) is 35.8 Å². The standard InChI is InChI=1S/C15H15N3O2S/c1-9-7-18(13-6-4-3-5-11(9)13)14(20)12-8-21-15(17-12)16-10(2)19/h3-6,8-9H,7H2,1-2H3,(H,16,17,19)/t9-/m1/s1. The second kappa shape index (κ2) is 5.29. The lowest BCUT2D eigenvalue weighted by atomic mass is 10.0. The Bertz CT molecular complexity index is 710. The van der Waals surface area contributed by atoms with Gasteiger partial charge < -0.3 is 10.2 Å². The van der Waals surface area contributed by atoms with E-state index in [1.165, 1.54) is 23.8 Å². The highest BCUT2D eigenvalue weighted by molar-refractivity contribution is 7.14. The van der Waals surface area contributed by atoms with Crippen molar-refractivity contribution < 1.29 is 9.59 Å². The molecule has 21 heavy (non-hydrogen) atoms. The molecule has 0 radical (unpaired) electrons. The van der Waals surface area contributed by atoms with E-state index in [2.05, 4.69) is 23.3 Å². The van der Waals surface area contributed by atoms with Crippen molar-refractivity contribution in [1.82, 2.24) is 4.98 Å². The van der Waals surface area contributed by atoms with E-state index in [0.717, 1.165) is 5.69 Å². The van der Waals surface area contributed by atoms with Gasteiger partial charge in [-0.3, -0.25) is 9.59 Å². The summed E-state index contributed by atoms with van der Waals surface area (Å²) in [5, 5.41) is 4.73. The minimum atomic E-state index is -0.191. The van der Waals surface area contributed by atoms with Crippen molar-refractivity contribution in [3.63, 3.8) is 0 Å². The maximum Gasteiger partial charge on any atom is 0.277 e. The van der Waals surface area contributed by atoms with Crippen molar-refractivity contribution in [2.45, 2.75) is 19.8 Å². The molecule has 2 aromatic rings. The first-order valence-corrected chi connectivity index (χ1v) is 7.58. The van der Waals surface area contributed by atoms with Crippen molar-refractivity contribution in [3.05, 3.63) is 40.9 Å². The third-order valence-corrected chi connectivity index (χ3v) is 4.22. The SMILES string of the molecule is CC(=O)Nc1nc(C(=O)N2C[C@@H](C)c3ccccc32)cs1. The molecule has 0 saturated carbocycles. The fourth-order valence-electron chi connectivity index (χ4n) is 2.53. The third-order valence-electron chi connectivity index (χ3n) is 3.47. The number of aromatic nitrogens is 1. The monoisotopic (exact) mass is 301 g/mol. The van der Waals surface area contributed by atoms with E-state index in [-0.39, 0.29) is 11.8 Å². The summed E-state index contributed by atoms with van der Waals surface area (Å²) in [6, 6.07) is 7.93. The van der Waals surface area contributed by atoms with Gasteiger partial charge in [-0.25, -0.2) is 4.98 Å². The summed E-state index contributed by atoms with van der Waals surface area (Å²) in [4.78, 5) is 29.6. The number of nitrogens with one attached hydrogen (secondary N) is 1. The molecule has 108 valence electrons. The molecule has 1 atom stereocenters. The van der Waals surface area contributed by atoms with E-state index >= 15 is 0 Å². The van der Waals surface area contributed by atoms with Crippen LogP contribution in [0, 0.1) is 0 Å². The van der Waals surface area contributed by atoms with Crippen molar-refractivity contribution in [2.75, 3.05) is 16.8 Å². The first-order valence-electron chi connectivity index (χ1n) is 6.70. The van der Waals surface area contributed by atoms with Crippen molar-refractivity contribution >= 4 is 34.0 Å². The van der Waals surface area contributed by atoms with Gasteiger partial charge in [0, 0.05) is 30.5 Å². The van der Waals surface area contributed by atoms with Crippen LogP contribution in [0.15, 0.2) is 29.6 Å². The summed E-state index contributed by atoms with van der Waals surface area (Å²) < 4.78 is 0. The number of hydrogen-bond acceptors (Lipinski definition) is 4. The van der Waals surface area contributed by atoms with Gasteiger partial charge in [-0.15, -0.1) is 11.3 Å². The highest BCUT2D eigenvalue weighted by atomic mass is 32.1. The molecule has 0 bridgehead atoms. The second-order valence-electron chi connectivity index (χ2n) is 5.09. The first kappa shape index (κ1) is 13.8. The summed E-state index contributed by atoms with van der Waals surface area (Å²) in [5.74, 6) is 0.00161. The first-order chi connectivity index (χ1) is 10.1. The van der Waals surface area contributed by atoms with E-state index < -0.39 is 0 Å². The van der Waals surface area contributed by atoms with Crippen LogP contribution in [-0.4, -0.2) is 23.3 Å². The molecule has 0 fully saturated rings. The summed E-state index contributed by atoms with van der Waals surface area (Å²) in [7, 11) is 0. The number of carbonyl (C=O) groups is 2. The average molecular weight is 301 g/mol. The Morgan fingerprint density at radius 2 is 2.14 bits per heavy atom. The molecule has 0 unspecified atom stereocenters. The van der Waals surface area contributed by atoms with E-state index in [0.29, 0.717) is 23.3 Å². The Balaban J connectivity index is 1.86. The zero-order chi connectivity index (χ0) is 15.0. The van der Waals surface area contributed by atoms with Gasteiger partial charge in [0.05, 0.1) is 0 Å². The molecule has 0 spiro atoms. The quantitative estimate of drug-likeness (QED) is 0.927. The molecule has 1 aromatic heterocycles. The van der Waals surface area contributed by atoms with Gasteiger partial charge in [-0.1, -0.05) is 25.1 Å². The van der Waals surface area contributed by atoms with E-state index in [9.17, 15) is 9.59 Å². The van der Waals surface area contributed by atoms with Gasteiger partial charge >= 0.3 is 0 Å². The fraction of sp³-hybridized carbons (Fsp3) is 0.267. The van der Waals surface area contributed by atoms with Crippen LogP contribution in [0.5, 0.6) is 0 Å². The predicted octanol–water partition coefficient (Wildman–Crippen LogP) is 2.87. The number of thiazole rings is 1. The zero-order valence-electron chi connectivity index (χ0n) is 11.8. The minimum Gasteiger partial charge on any atom is -0.306 e. The van der Waals surface area contributed by atoms with Crippen LogP contribution >= 0.6 is 11.3 Å². The zero-order valence-corrected chi connectivity index (χ0v) is 12.6. The highest BCUT2D eigenvalue weighted by Gasteiger charge is 2.31. The number of rotatable bonds is 2. The Kier molecular flexibility index (Phi) is 3.47. The number of hydrogen-bond donors (Lipinski definition) is 1. The van der Waals surface area contributed by atoms with Crippen molar-refractivity contribution in [3.8, 4) is 0 Å². The van der Waals surface area contributed by atoms with Crippen LogP contribution in [0.3, 0.4) is 0 Å². The number of para-hydroxylation sites is 1. The Labute approximate surface area is 126 Å². The number of amides is 2. The predicted molar refractivity (Wildman–Crippen MR) is 83.0 cm³/mol. The summed E-state index contributed by atoms with van der Waals surface area (Å²) in [6.45, 7) is 4.18. The molecule has 2 amide bonds. The Hall–Kier alpha value is -2.21. The topological polar surface area (TPSA) is 62.3 Å². The van der Waals surface area contributed by atoms with E-state index in [1.54, 1.807) is 10.3 Å². The smallest absolute Gasteiger partial charge is 0.277 e. The Morgan fingerprint density at radius 1 is 1.38 bits per heavy atom. The maximum absolute atomic E-state index is 12.6. The molecular weight excluding hydrogens is 286 g/mol. The van der Waals surface area contributed by atoms with Gasteiger partial charge in [-0.2, -0.15) is 0 Å². The van der Waals surface area contributed by atoms with Gasteiger partial charge in [-0.05, 0) is 11.6 Å². The van der Waals surface area contributed by atoms with Crippen molar-refractivity contribution in [1.29, 1.82) is 0 Å². The minimum absolute atomic E-state index is 0.125. The van der Waals surface area contributed by atoms with Crippen LogP contribution in [-0.2, 0) is 4.79 Å². The number of carbonyl (C=O) groups excluding carboxylic acids is 2. The molecule has 2 heterocycles. The molecule has 0 aliphatic carbocycles. The lowest BCUT2D eigenvalue weighted by Gasteiger charge is -2.16. The molecule has 1 aromatic carbocycles. The molecule has 0 saturated heterocycles. The molecule has 1 aliphatic heterocycles. The molecule has 1 N–H and O–H groups in total. The molecular formula is C15H15N3O2S. The van der Waals surface area contributed by atoms with Gasteiger partial charge in [0.25, 0.3) is 5.91 Å². The van der Waals surface area contributed by atoms with Gasteiger partial charge in [0.15, 0.2) is 5.13 Å². The van der Waals surface area contributed by atoms with Crippen molar-refractivity contribution in [2.24, 2.45) is 0 Å². The number of nitrogens with zero attached hydrogens (tertiary/aromatic N) is 2. The summed E-state index contributed by atoms with van der Waals surface area (Å²) in [5.41, 5.74) is 2.50. The van der Waals surface area contributed by atoms with Gasteiger partial charge in [0.2, 0.25) is 5.91 Å². The van der Waals surface area contributed by atoms with E-state index in [1.807, 2.05) is 18.2 Å². The number of fused-ring (bicyclic) bond motifs is 1. The Morgan fingerprint density at radius 3 is 2.90 bits per heavy atom. The maximum atomic E-state index is 12.6. The molecule has 5 nitrogen and oxygen atoms in total. The molecule has 6 heteroatoms. The molecule has 1 aliphatic rings. The van der Waals surface area contributed by atoms with Crippen LogP contribution in [0.25, 0.3) is 0 Å². The fourth-order valence-corrected chi connectivity index (χ4v) is 3.26. The summed E-state index contributed by atoms with van der Waals surface area (Å²) in [6.07, 6.45) is 0. The normalized spacial score (nSPS) is 16.7. The van der Waals surface area contributed by atoms with E-state index in [4.69, 9.17) is 0 Å². The third kappa shape index (κ3) is 2.54. The number of benzene rings is 1. The van der Waals surface area contributed by atoms with Crippen LogP contribution in [0.4, 0.5) is 10.8 Å². The van der Waals surface area contributed by atoms with Crippen LogP contribution < -0.4 is 10.2 Å².